The van der Waals surface area contributed by atoms with Gasteiger partial charge in [0.1, 0.15) is 23.0 Å². The van der Waals surface area contributed by atoms with Gasteiger partial charge in [0.2, 0.25) is 0 Å². The molecular weight excluding hydrogens is 793 g/mol. The minimum Gasteiger partial charge on any atom is -0.507 e. The number of hydrogen-bond donors (Lipinski definition) is 4. The Balaban J connectivity index is 1.37. The van der Waals surface area contributed by atoms with E-state index in [1.807, 2.05) is 24.3 Å². The number of nitrogens with zero attached hydrogens (tertiary/aromatic N) is 2. The first-order chi connectivity index (χ1) is 31.6. The lowest BCUT2D eigenvalue weighted by Crippen LogP contribution is -2.30. The van der Waals surface area contributed by atoms with E-state index in [1.54, 1.807) is 24.6 Å². The predicted molar refractivity (Wildman–Crippen MR) is 277 cm³/mol. The molecule has 4 N–H and O–H groups in total. The van der Waals surface area contributed by atoms with Gasteiger partial charge in [0.15, 0.2) is 0 Å². The van der Waals surface area contributed by atoms with Crippen LogP contribution in [-0.2, 0) is 0 Å². The van der Waals surface area contributed by atoms with Gasteiger partial charge in [-0.15, -0.1) is 0 Å². The minimum atomic E-state index is 0.199. The van der Waals surface area contributed by atoms with E-state index >= 15 is 0 Å². The van der Waals surface area contributed by atoms with E-state index in [2.05, 4.69) is 34.5 Å². The number of aromatic hydroxyl groups is 2. The molecule has 8 heteroatoms. The second-order valence-electron chi connectivity index (χ2n) is 18.3. The van der Waals surface area contributed by atoms with Gasteiger partial charge in [-0.2, -0.15) is 0 Å². The fraction of sp³-hybridized carbons (Fsp3) is 0.750. The summed E-state index contributed by atoms with van der Waals surface area (Å²) in [5.41, 5.74) is 1.41. The van der Waals surface area contributed by atoms with Crippen molar-refractivity contribution in [3.8, 4) is 23.0 Å². The second kappa shape index (κ2) is 43.8. The maximum atomic E-state index is 10.5. The average molecular weight is 891 g/mol. The molecule has 0 aliphatic heterocycles. The highest BCUT2D eigenvalue weighted by molar-refractivity contribution is 5.84. The normalized spacial score (nSPS) is 11.7. The molecular formula is C56H98N4O4. The zero-order valence-corrected chi connectivity index (χ0v) is 41.5. The van der Waals surface area contributed by atoms with Crippen molar-refractivity contribution in [2.75, 3.05) is 52.5 Å². The van der Waals surface area contributed by atoms with Gasteiger partial charge < -0.3 is 30.3 Å². The Morgan fingerprint density at radius 1 is 0.391 bits per heavy atom. The Morgan fingerprint density at radius 3 is 0.953 bits per heavy atom. The number of phenols is 2. The Kier molecular flexibility index (Phi) is 39.0. The van der Waals surface area contributed by atoms with E-state index in [-0.39, 0.29) is 11.5 Å². The molecule has 0 radical (unpaired) electrons. The van der Waals surface area contributed by atoms with Crippen molar-refractivity contribution in [2.24, 2.45) is 9.98 Å². The molecule has 0 aromatic heterocycles. The van der Waals surface area contributed by atoms with Crippen molar-refractivity contribution >= 4 is 12.4 Å². The van der Waals surface area contributed by atoms with Gasteiger partial charge in [0, 0.05) is 61.9 Å². The lowest BCUT2D eigenvalue weighted by Gasteiger charge is -2.08. The van der Waals surface area contributed by atoms with Crippen LogP contribution in [0.3, 0.4) is 0 Å². The number of ether oxygens (including phenoxy) is 2. The van der Waals surface area contributed by atoms with Gasteiger partial charge in [-0.3, -0.25) is 9.98 Å². The van der Waals surface area contributed by atoms with Crippen LogP contribution in [0.15, 0.2) is 46.4 Å². The van der Waals surface area contributed by atoms with Gasteiger partial charge in [0.25, 0.3) is 0 Å². The van der Waals surface area contributed by atoms with Crippen LogP contribution >= 0.6 is 0 Å². The molecule has 2 aromatic carbocycles. The SMILES string of the molecule is CCCCCCCCCCCCCCCCCCOc1ccc(C=NCCNCCNCCN=Cc2ccc(OCCCCCCCCCCCCCCCCCC)cc2O)c(O)c1. The number of benzene rings is 2. The van der Waals surface area contributed by atoms with E-state index in [4.69, 9.17) is 9.47 Å². The molecule has 2 aromatic rings. The van der Waals surface area contributed by atoms with Crippen LogP contribution in [0.25, 0.3) is 0 Å². The van der Waals surface area contributed by atoms with Crippen molar-refractivity contribution in [2.45, 2.75) is 219 Å². The standard InChI is InChI=1S/C56H98N4O4/c1-3-5-7-9-11-13-15-17-19-21-23-25-27-29-31-33-45-63-53-37-35-51(55(61)47-53)49-59-43-41-57-39-40-58-42-44-60-50-52-36-38-54(48-56(52)62)64-46-34-32-30-28-26-24-22-20-18-16-14-12-10-8-6-4-2/h35-38,47-50,57-58,61-62H,3-34,39-46H2,1-2H3. The molecule has 0 aliphatic rings. The molecule has 0 atom stereocenters. The zero-order valence-electron chi connectivity index (χ0n) is 41.5. The summed E-state index contributed by atoms with van der Waals surface area (Å²) in [4.78, 5) is 8.95. The van der Waals surface area contributed by atoms with Crippen LogP contribution in [0.5, 0.6) is 23.0 Å². The smallest absolute Gasteiger partial charge is 0.128 e. The first kappa shape index (κ1) is 57.0. The predicted octanol–water partition coefficient (Wildman–Crippen LogP) is 15.1. The summed E-state index contributed by atoms with van der Waals surface area (Å²) in [6, 6.07) is 11.0. The van der Waals surface area contributed by atoms with Gasteiger partial charge in [0.05, 0.1) is 26.3 Å². The van der Waals surface area contributed by atoms with E-state index in [0.29, 0.717) is 48.9 Å². The fourth-order valence-electron chi connectivity index (χ4n) is 8.17. The first-order valence-electron chi connectivity index (χ1n) is 27.0. The summed E-state index contributed by atoms with van der Waals surface area (Å²) in [7, 11) is 0. The van der Waals surface area contributed by atoms with Crippen LogP contribution < -0.4 is 20.1 Å². The third kappa shape index (κ3) is 34.3. The molecule has 64 heavy (non-hydrogen) atoms. The molecule has 0 bridgehead atoms. The number of phenolic OH excluding ortho intramolecular Hbond substituents is 2. The third-order valence-corrected chi connectivity index (χ3v) is 12.3. The topological polar surface area (TPSA) is 108 Å². The van der Waals surface area contributed by atoms with Gasteiger partial charge in [-0.1, -0.05) is 206 Å². The summed E-state index contributed by atoms with van der Waals surface area (Å²) in [5, 5.41) is 27.7. The van der Waals surface area contributed by atoms with Crippen molar-refractivity contribution in [1.29, 1.82) is 0 Å². The maximum Gasteiger partial charge on any atom is 0.128 e. The lowest BCUT2D eigenvalue weighted by atomic mass is 10.0. The summed E-state index contributed by atoms with van der Waals surface area (Å²) in [5.74, 6) is 1.82. The average Bonchev–Trinajstić information content (AvgIpc) is 3.30. The fourth-order valence-corrected chi connectivity index (χ4v) is 8.17. The van der Waals surface area contributed by atoms with Gasteiger partial charge >= 0.3 is 0 Å². The van der Waals surface area contributed by atoms with E-state index in [0.717, 1.165) is 39.0 Å². The third-order valence-electron chi connectivity index (χ3n) is 12.3. The van der Waals surface area contributed by atoms with Crippen molar-refractivity contribution in [3.05, 3.63) is 47.5 Å². The molecule has 0 saturated carbocycles. The van der Waals surface area contributed by atoms with Crippen LogP contribution in [0, 0.1) is 0 Å². The Bertz CT molecular complexity index is 1280. The van der Waals surface area contributed by atoms with Crippen LogP contribution in [0.1, 0.15) is 230 Å². The first-order valence-corrected chi connectivity index (χ1v) is 27.0. The summed E-state index contributed by atoms with van der Waals surface area (Å²) >= 11 is 0. The van der Waals surface area contributed by atoms with Crippen molar-refractivity contribution < 1.29 is 19.7 Å². The summed E-state index contributed by atoms with van der Waals surface area (Å²) < 4.78 is 11.8. The van der Waals surface area contributed by atoms with E-state index in [9.17, 15) is 10.2 Å². The highest BCUT2D eigenvalue weighted by Crippen LogP contribution is 2.24. The zero-order chi connectivity index (χ0) is 45.6. The number of aliphatic imine (C=N–C) groups is 2. The molecule has 8 nitrogen and oxygen atoms in total. The summed E-state index contributed by atoms with van der Waals surface area (Å²) in [6.45, 7) is 10.4. The van der Waals surface area contributed by atoms with Crippen LogP contribution in [0.4, 0.5) is 0 Å². The number of unbranched alkanes of at least 4 members (excludes halogenated alkanes) is 30. The number of hydrogen-bond acceptors (Lipinski definition) is 8. The van der Waals surface area contributed by atoms with Crippen molar-refractivity contribution in [1.82, 2.24) is 10.6 Å². The van der Waals surface area contributed by atoms with Gasteiger partial charge in [-0.05, 0) is 37.1 Å². The summed E-state index contributed by atoms with van der Waals surface area (Å²) in [6.07, 6.45) is 46.9. The highest BCUT2D eigenvalue weighted by Gasteiger charge is 2.04. The molecule has 0 fully saturated rings. The maximum absolute atomic E-state index is 10.5. The second-order valence-corrected chi connectivity index (χ2v) is 18.3. The van der Waals surface area contributed by atoms with E-state index in [1.165, 1.54) is 193 Å². The monoisotopic (exact) mass is 891 g/mol. The molecule has 2 rings (SSSR count). The molecule has 0 amide bonds. The molecule has 0 aliphatic carbocycles. The largest absolute Gasteiger partial charge is 0.507 e. The molecule has 366 valence electrons. The lowest BCUT2D eigenvalue weighted by molar-refractivity contribution is 0.302. The Hall–Kier alpha value is -3.10. The van der Waals surface area contributed by atoms with E-state index < -0.39 is 0 Å². The van der Waals surface area contributed by atoms with Crippen LogP contribution in [-0.4, -0.2) is 75.1 Å². The minimum absolute atomic E-state index is 0.199. The Morgan fingerprint density at radius 2 is 0.672 bits per heavy atom. The molecule has 0 saturated heterocycles. The van der Waals surface area contributed by atoms with Crippen molar-refractivity contribution in [3.63, 3.8) is 0 Å². The molecule has 0 spiro atoms. The number of rotatable bonds is 47. The number of nitrogens with one attached hydrogen (secondary N) is 2. The molecule has 0 heterocycles. The highest BCUT2D eigenvalue weighted by atomic mass is 16.5. The molecule has 0 unspecified atom stereocenters. The van der Waals surface area contributed by atoms with Crippen LogP contribution in [0.2, 0.25) is 0 Å². The Labute approximate surface area is 393 Å². The van der Waals surface area contributed by atoms with Gasteiger partial charge in [-0.25, -0.2) is 0 Å². The quantitative estimate of drug-likeness (QED) is 0.0389.